The van der Waals surface area contributed by atoms with Crippen LogP contribution in [0.5, 0.6) is 0 Å². The van der Waals surface area contributed by atoms with Gasteiger partial charge in [-0.3, -0.25) is 14.4 Å². The van der Waals surface area contributed by atoms with Crippen molar-refractivity contribution in [1.29, 1.82) is 0 Å². The molecule has 0 saturated carbocycles. The molecule has 0 radical (unpaired) electrons. The fourth-order valence-corrected chi connectivity index (χ4v) is 4.50. The number of hydrogen-bond acceptors (Lipinski definition) is 14. The third-order valence-electron chi connectivity index (χ3n) is 6.93. The van der Waals surface area contributed by atoms with Gasteiger partial charge in [-0.15, -0.1) is 0 Å². The summed E-state index contributed by atoms with van der Waals surface area (Å²) < 4.78 is 33.6. The Balaban J connectivity index is 2.43. The summed E-state index contributed by atoms with van der Waals surface area (Å²) in [6.07, 6.45) is -12.3. The standard InChI is InChI=1S/C27H46O14/c1-7-15(6)25(35)39-23-21(34)26(36-17(11-29)22(23)37-18(31)8-13(2)3)41-27(12-30)24(20(33)16(10-28)40-27)38-19(32)9-14(4)5/h13-17,20-24,26,28-30,33-34H,7-12H2,1-6H3/t15?,16-,17-,20-,21-,22-,23-,24+,26-,27+/m1/s1. The minimum Gasteiger partial charge on any atom is -0.455 e. The molecule has 0 aliphatic carbocycles. The summed E-state index contributed by atoms with van der Waals surface area (Å²) in [6, 6.07) is 0. The molecule has 0 aromatic rings. The second kappa shape index (κ2) is 15.5. The Bertz CT molecular complexity index is 865. The van der Waals surface area contributed by atoms with Crippen LogP contribution in [0.2, 0.25) is 0 Å². The van der Waals surface area contributed by atoms with E-state index in [2.05, 4.69) is 0 Å². The van der Waals surface area contributed by atoms with Crippen LogP contribution in [0, 0.1) is 17.8 Å². The van der Waals surface area contributed by atoms with E-state index < -0.39 is 98.5 Å². The quantitative estimate of drug-likeness (QED) is 0.126. The number of aliphatic hydroxyl groups is 5. The average Bonchev–Trinajstić information content (AvgIpc) is 3.16. The number of aliphatic hydroxyl groups excluding tert-OH is 5. The largest absolute Gasteiger partial charge is 0.455 e. The zero-order valence-corrected chi connectivity index (χ0v) is 24.5. The lowest BCUT2D eigenvalue weighted by molar-refractivity contribution is -0.384. The van der Waals surface area contributed by atoms with E-state index in [4.69, 9.17) is 28.4 Å². The lowest BCUT2D eigenvalue weighted by Gasteiger charge is -2.45. The Morgan fingerprint density at radius 3 is 1.85 bits per heavy atom. The summed E-state index contributed by atoms with van der Waals surface area (Å²) in [6.45, 7) is 7.94. The van der Waals surface area contributed by atoms with Gasteiger partial charge >= 0.3 is 17.9 Å². The first-order valence-electron chi connectivity index (χ1n) is 14.0. The Morgan fingerprint density at radius 1 is 0.805 bits per heavy atom. The number of carbonyl (C=O) groups is 3. The fraction of sp³-hybridized carbons (Fsp3) is 0.889. The van der Waals surface area contributed by atoms with Gasteiger partial charge in [0, 0.05) is 12.8 Å². The van der Waals surface area contributed by atoms with Crippen LogP contribution in [0.3, 0.4) is 0 Å². The molecule has 14 heteroatoms. The van der Waals surface area contributed by atoms with Gasteiger partial charge in [0.1, 0.15) is 31.0 Å². The number of hydrogen-bond donors (Lipinski definition) is 5. The third-order valence-corrected chi connectivity index (χ3v) is 6.93. The zero-order chi connectivity index (χ0) is 31.1. The Morgan fingerprint density at radius 2 is 1.37 bits per heavy atom. The van der Waals surface area contributed by atoms with Gasteiger partial charge in [0.15, 0.2) is 24.6 Å². The van der Waals surface area contributed by atoms with Crippen molar-refractivity contribution in [3.8, 4) is 0 Å². The van der Waals surface area contributed by atoms with Crippen LogP contribution in [-0.4, -0.2) is 118 Å². The number of rotatable bonds is 14. The highest BCUT2D eigenvalue weighted by molar-refractivity contribution is 5.72. The summed E-state index contributed by atoms with van der Waals surface area (Å²) in [4.78, 5) is 37.8. The molecule has 1 unspecified atom stereocenters. The van der Waals surface area contributed by atoms with E-state index in [1.807, 2.05) is 0 Å². The topological polar surface area (TPSA) is 208 Å². The summed E-state index contributed by atoms with van der Waals surface area (Å²) in [7, 11) is 0. The highest BCUT2D eigenvalue weighted by atomic mass is 16.8. The second-order valence-corrected chi connectivity index (χ2v) is 11.4. The van der Waals surface area contributed by atoms with Gasteiger partial charge in [-0.1, -0.05) is 41.5 Å². The molecule has 2 aliphatic heterocycles. The Kier molecular flexibility index (Phi) is 13.4. The second-order valence-electron chi connectivity index (χ2n) is 11.4. The van der Waals surface area contributed by atoms with Crippen LogP contribution in [0.1, 0.15) is 60.8 Å². The smallest absolute Gasteiger partial charge is 0.309 e. The van der Waals surface area contributed by atoms with Gasteiger partial charge in [0.2, 0.25) is 5.79 Å². The first-order valence-corrected chi connectivity index (χ1v) is 14.0. The molecule has 0 spiro atoms. The van der Waals surface area contributed by atoms with Crippen LogP contribution in [0.25, 0.3) is 0 Å². The summed E-state index contributed by atoms with van der Waals surface area (Å²) in [5.41, 5.74) is 0. The SMILES string of the molecule is CCC(C)C(=O)O[C@@H]1[C@@H](O)[C@@H](O[C@]2(CO)O[C@H](CO)[C@@H](O)[C@@H]2OC(=O)CC(C)C)O[C@H](CO)[C@H]1OC(=O)CC(C)C. The molecule has 2 saturated heterocycles. The predicted molar refractivity (Wildman–Crippen MR) is 139 cm³/mol. The molecule has 2 fully saturated rings. The van der Waals surface area contributed by atoms with Crippen LogP contribution in [0.4, 0.5) is 0 Å². The molecule has 0 aromatic carbocycles. The maximum Gasteiger partial charge on any atom is 0.309 e. The number of esters is 3. The van der Waals surface area contributed by atoms with Crippen LogP contribution in [-0.2, 0) is 42.8 Å². The molecule has 14 nitrogen and oxygen atoms in total. The molecule has 0 aromatic heterocycles. The lowest BCUT2D eigenvalue weighted by Crippen LogP contribution is -2.64. The molecule has 10 atom stereocenters. The third kappa shape index (κ3) is 8.80. The number of ether oxygens (including phenoxy) is 6. The summed E-state index contributed by atoms with van der Waals surface area (Å²) >= 11 is 0. The van der Waals surface area contributed by atoms with Gasteiger partial charge < -0.3 is 54.0 Å². The van der Waals surface area contributed by atoms with E-state index in [9.17, 15) is 39.9 Å². The van der Waals surface area contributed by atoms with Crippen molar-refractivity contribution in [3.05, 3.63) is 0 Å². The molecule has 0 amide bonds. The monoisotopic (exact) mass is 594 g/mol. The van der Waals surface area contributed by atoms with Gasteiger partial charge in [-0.25, -0.2) is 0 Å². The Labute approximate surface area is 239 Å². The van der Waals surface area contributed by atoms with Crippen molar-refractivity contribution < 1.29 is 68.3 Å². The van der Waals surface area contributed by atoms with Crippen molar-refractivity contribution in [2.24, 2.45) is 17.8 Å². The first-order chi connectivity index (χ1) is 19.2. The molecule has 5 N–H and O–H groups in total. The Hall–Kier alpha value is -1.91. The normalized spacial score (nSPS) is 34.5. The van der Waals surface area contributed by atoms with E-state index in [1.54, 1.807) is 41.5 Å². The highest BCUT2D eigenvalue weighted by Crippen LogP contribution is 2.39. The van der Waals surface area contributed by atoms with Crippen LogP contribution in [0.15, 0.2) is 0 Å². The van der Waals surface area contributed by atoms with Gasteiger partial charge in [-0.05, 0) is 18.3 Å². The first kappa shape index (κ1) is 35.3. The molecule has 2 rings (SSSR count). The van der Waals surface area contributed by atoms with Crippen LogP contribution < -0.4 is 0 Å². The van der Waals surface area contributed by atoms with Gasteiger partial charge in [0.25, 0.3) is 0 Å². The molecule has 2 heterocycles. The van der Waals surface area contributed by atoms with E-state index in [-0.39, 0.29) is 24.7 Å². The minimum absolute atomic E-state index is 0.00201. The summed E-state index contributed by atoms with van der Waals surface area (Å²) in [5, 5.41) is 52.2. The molecule has 41 heavy (non-hydrogen) atoms. The lowest BCUT2D eigenvalue weighted by atomic mass is 9.97. The zero-order valence-electron chi connectivity index (χ0n) is 24.5. The molecule has 2 aliphatic rings. The average molecular weight is 595 g/mol. The molecular formula is C27H46O14. The van der Waals surface area contributed by atoms with Crippen molar-refractivity contribution in [1.82, 2.24) is 0 Å². The van der Waals surface area contributed by atoms with Crippen molar-refractivity contribution in [2.75, 3.05) is 19.8 Å². The van der Waals surface area contributed by atoms with E-state index in [0.717, 1.165) is 0 Å². The van der Waals surface area contributed by atoms with Crippen molar-refractivity contribution in [2.45, 2.75) is 116 Å². The van der Waals surface area contributed by atoms with E-state index in [1.165, 1.54) is 0 Å². The van der Waals surface area contributed by atoms with E-state index >= 15 is 0 Å². The molecular weight excluding hydrogens is 548 g/mol. The number of carbonyl (C=O) groups excluding carboxylic acids is 3. The van der Waals surface area contributed by atoms with Gasteiger partial charge in [0.05, 0.1) is 19.1 Å². The van der Waals surface area contributed by atoms with Crippen molar-refractivity contribution >= 4 is 17.9 Å². The predicted octanol–water partition coefficient (Wildman–Crippen LogP) is -0.605. The highest BCUT2D eigenvalue weighted by Gasteiger charge is 2.61. The maximum absolute atomic E-state index is 12.7. The molecule has 0 bridgehead atoms. The van der Waals surface area contributed by atoms with Crippen LogP contribution >= 0.6 is 0 Å². The fourth-order valence-electron chi connectivity index (χ4n) is 4.50. The van der Waals surface area contributed by atoms with Crippen molar-refractivity contribution in [3.63, 3.8) is 0 Å². The summed E-state index contributed by atoms with van der Waals surface area (Å²) in [5.74, 6) is -5.25. The molecule has 238 valence electrons. The van der Waals surface area contributed by atoms with E-state index in [0.29, 0.717) is 6.42 Å². The maximum atomic E-state index is 12.7. The minimum atomic E-state index is -2.34. The van der Waals surface area contributed by atoms with Gasteiger partial charge in [-0.2, -0.15) is 0 Å².